The van der Waals surface area contributed by atoms with E-state index < -0.39 is 0 Å². The first-order valence-corrected chi connectivity index (χ1v) is 9.41. The Morgan fingerprint density at radius 1 is 1.00 bits per heavy atom. The molecule has 1 atom stereocenters. The predicted molar refractivity (Wildman–Crippen MR) is 97.9 cm³/mol. The van der Waals surface area contributed by atoms with Gasteiger partial charge in [0.2, 0.25) is 0 Å². The second-order valence-electron chi connectivity index (χ2n) is 7.43. The Balaban J connectivity index is 1.38. The zero-order chi connectivity index (χ0) is 19.0. The van der Waals surface area contributed by atoms with Gasteiger partial charge >= 0.3 is 0 Å². The van der Waals surface area contributed by atoms with Crippen LogP contribution in [0.5, 0.6) is 0 Å². The van der Waals surface area contributed by atoms with E-state index in [2.05, 4.69) is 16.5 Å². The Kier molecular flexibility index (Phi) is 4.68. The standard InChI is InChI=1S/C20H23FN4O2/c1-14-6-7-25-13-17(22-18(25)12-14)20(27)24-10-8-23(9-11-24)19(26)15-2-4-16(21)5-3-15/h2-5,13-14H,6-12H2,1H3. The molecule has 1 unspecified atom stereocenters. The zero-order valence-electron chi connectivity index (χ0n) is 15.4. The van der Waals surface area contributed by atoms with Gasteiger partial charge in [0.15, 0.2) is 0 Å². The zero-order valence-corrected chi connectivity index (χ0v) is 15.4. The maximum absolute atomic E-state index is 13.0. The monoisotopic (exact) mass is 370 g/mol. The van der Waals surface area contributed by atoms with E-state index in [0.29, 0.717) is 43.4 Å². The van der Waals surface area contributed by atoms with Crippen LogP contribution in [0.4, 0.5) is 4.39 Å². The molecule has 2 aliphatic heterocycles. The Labute approximate surface area is 157 Å². The van der Waals surface area contributed by atoms with Crippen LogP contribution < -0.4 is 0 Å². The van der Waals surface area contributed by atoms with Crippen LogP contribution >= 0.6 is 0 Å². The second kappa shape index (κ2) is 7.13. The molecule has 2 aromatic rings. The molecular formula is C20H23FN4O2. The minimum Gasteiger partial charge on any atom is -0.335 e. The fourth-order valence-corrected chi connectivity index (χ4v) is 3.74. The van der Waals surface area contributed by atoms with E-state index in [4.69, 9.17) is 0 Å². The molecular weight excluding hydrogens is 347 g/mol. The molecule has 0 aliphatic carbocycles. The minimum absolute atomic E-state index is 0.0709. The molecule has 0 spiro atoms. The van der Waals surface area contributed by atoms with Crippen molar-refractivity contribution < 1.29 is 14.0 Å². The van der Waals surface area contributed by atoms with Gasteiger partial charge in [-0.05, 0) is 36.6 Å². The van der Waals surface area contributed by atoms with E-state index in [1.807, 2.05) is 6.20 Å². The van der Waals surface area contributed by atoms with Gasteiger partial charge < -0.3 is 14.4 Å². The third-order valence-electron chi connectivity index (χ3n) is 5.42. The van der Waals surface area contributed by atoms with Crippen LogP contribution in [-0.4, -0.2) is 57.3 Å². The van der Waals surface area contributed by atoms with Crippen molar-refractivity contribution in [2.24, 2.45) is 5.92 Å². The highest BCUT2D eigenvalue weighted by Gasteiger charge is 2.28. The summed E-state index contributed by atoms with van der Waals surface area (Å²) < 4.78 is 15.1. The van der Waals surface area contributed by atoms with Crippen LogP contribution in [0.25, 0.3) is 0 Å². The Morgan fingerprint density at radius 3 is 2.30 bits per heavy atom. The molecule has 1 saturated heterocycles. The first kappa shape index (κ1) is 17.7. The summed E-state index contributed by atoms with van der Waals surface area (Å²) in [4.78, 5) is 33.3. The van der Waals surface area contributed by atoms with Crippen LogP contribution in [0.3, 0.4) is 0 Å². The van der Waals surface area contributed by atoms with Crippen molar-refractivity contribution in [1.29, 1.82) is 0 Å². The highest BCUT2D eigenvalue weighted by atomic mass is 19.1. The molecule has 0 saturated carbocycles. The maximum atomic E-state index is 13.0. The topological polar surface area (TPSA) is 58.4 Å². The quantitative estimate of drug-likeness (QED) is 0.814. The number of carbonyl (C=O) groups excluding carboxylic acids is 2. The van der Waals surface area contributed by atoms with Gasteiger partial charge in [-0.25, -0.2) is 9.37 Å². The number of imidazole rings is 1. The average molecular weight is 370 g/mol. The van der Waals surface area contributed by atoms with Crippen LogP contribution in [-0.2, 0) is 13.0 Å². The van der Waals surface area contributed by atoms with Crippen molar-refractivity contribution in [3.8, 4) is 0 Å². The fourth-order valence-electron chi connectivity index (χ4n) is 3.74. The lowest BCUT2D eigenvalue weighted by atomic mass is 10.0. The smallest absolute Gasteiger partial charge is 0.274 e. The third kappa shape index (κ3) is 3.59. The molecule has 27 heavy (non-hydrogen) atoms. The van der Waals surface area contributed by atoms with Crippen molar-refractivity contribution in [1.82, 2.24) is 19.4 Å². The summed E-state index contributed by atoms with van der Waals surface area (Å²) in [6.07, 6.45) is 3.88. The van der Waals surface area contributed by atoms with E-state index in [1.54, 1.807) is 9.80 Å². The number of hydrogen-bond donors (Lipinski definition) is 0. The van der Waals surface area contributed by atoms with Crippen molar-refractivity contribution in [3.63, 3.8) is 0 Å². The third-order valence-corrected chi connectivity index (χ3v) is 5.42. The Morgan fingerprint density at radius 2 is 1.63 bits per heavy atom. The molecule has 4 rings (SSSR count). The lowest BCUT2D eigenvalue weighted by Crippen LogP contribution is -2.50. The van der Waals surface area contributed by atoms with Gasteiger partial charge in [0, 0.05) is 50.9 Å². The predicted octanol–water partition coefficient (Wildman–Crippen LogP) is 2.20. The lowest BCUT2D eigenvalue weighted by Gasteiger charge is -2.34. The number of benzene rings is 1. The summed E-state index contributed by atoms with van der Waals surface area (Å²) in [7, 11) is 0. The molecule has 7 heteroatoms. The van der Waals surface area contributed by atoms with Crippen molar-refractivity contribution in [2.45, 2.75) is 26.3 Å². The van der Waals surface area contributed by atoms with Crippen LogP contribution in [0, 0.1) is 11.7 Å². The lowest BCUT2D eigenvalue weighted by molar-refractivity contribution is 0.0532. The van der Waals surface area contributed by atoms with Crippen molar-refractivity contribution in [2.75, 3.05) is 26.2 Å². The van der Waals surface area contributed by atoms with Gasteiger partial charge in [-0.3, -0.25) is 9.59 Å². The highest BCUT2D eigenvalue weighted by molar-refractivity contribution is 5.95. The summed E-state index contributed by atoms with van der Waals surface area (Å²) in [6.45, 7) is 5.00. The minimum atomic E-state index is -0.362. The number of hydrogen-bond acceptors (Lipinski definition) is 3. The van der Waals surface area contributed by atoms with Gasteiger partial charge in [0.05, 0.1) is 0 Å². The summed E-state index contributed by atoms with van der Waals surface area (Å²) >= 11 is 0. The van der Waals surface area contributed by atoms with Crippen LogP contribution in [0.2, 0.25) is 0 Å². The SMILES string of the molecule is CC1CCn2cc(C(=O)N3CCN(C(=O)c4ccc(F)cc4)CC3)nc2C1. The number of aromatic nitrogens is 2. The molecule has 3 heterocycles. The van der Waals surface area contributed by atoms with Crippen LogP contribution in [0.15, 0.2) is 30.5 Å². The molecule has 1 fully saturated rings. The van der Waals surface area contributed by atoms with Gasteiger partial charge in [0.1, 0.15) is 17.3 Å². The number of rotatable bonds is 2. The first-order valence-electron chi connectivity index (χ1n) is 9.41. The van der Waals surface area contributed by atoms with Crippen LogP contribution in [0.1, 0.15) is 40.0 Å². The van der Waals surface area contributed by atoms with E-state index >= 15 is 0 Å². The van der Waals surface area contributed by atoms with E-state index in [9.17, 15) is 14.0 Å². The normalized spacial score (nSPS) is 19.7. The van der Waals surface area contributed by atoms with Gasteiger partial charge in [-0.2, -0.15) is 0 Å². The molecule has 0 radical (unpaired) electrons. The summed E-state index contributed by atoms with van der Waals surface area (Å²) in [5.74, 6) is 1.03. The molecule has 142 valence electrons. The average Bonchev–Trinajstić information content (AvgIpc) is 3.11. The number of piperazine rings is 1. The van der Waals surface area contributed by atoms with Crippen molar-refractivity contribution >= 4 is 11.8 Å². The fraction of sp³-hybridized carbons (Fsp3) is 0.450. The second-order valence-corrected chi connectivity index (χ2v) is 7.43. The molecule has 2 amide bonds. The Hall–Kier alpha value is -2.70. The number of amides is 2. The van der Waals surface area contributed by atoms with E-state index in [-0.39, 0.29) is 17.6 Å². The summed E-state index contributed by atoms with van der Waals surface area (Å²) in [5, 5.41) is 0. The molecule has 6 nitrogen and oxygen atoms in total. The van der Waals surface area contributed by atoms with Crippen molar-refractivity contribution in [3.05, 3.63) is 53.4 Å². The molecule has 0 bridgehead atoms. The number of carbonyl (C=O) groups is 2. The number of fused-ring (bicyclic) bond motifs is 1. The molecule has 0 N–H and O–H groups in total. The molecule has 1 aromatic heterocycles. The molecule has 1 aromatic carbocycles. The van der Waals surface area contributed by atoms with Gasteiger partial charge in [0.25, 0.3) is 11.8 Å². The first-order chi connectivity index (χ1) is 13.0. The van der Waals surface area contributed by atoms with E-state index in [0.717, 1.165) is 25.2 Å². The van der Waals surface area contributed by atoms with Gasteiger partial charge in [-0.15, -0.1) is 0 Å². The summed E-state index contributed by atoms with van der Waals surface area (Å²) in [6, 6.07) is 5.56. The largest absolute Gasteiger partial charge is 0.335 e. The number of aryl methyl sites for hydroxylation is 1. The number of halogens is 1. The summed E-state index contributed by atoms with van der Waals surface area (Å²) in [5.41, 5.74) is 0.962. The molecule has 2 aliphatic rings. The number of nitrogens with zero attached hydrogens (tertiary/aromatic N) is 4. The highest BCUT2D eigenvalue weighted by Crippen LogP contribution is 2.20. The van der Waals surface area contributed by atoms with E-state index in [1.165, 1.54) is 24.3 Å². The maximum Gasteiger partial charge on any atom is 0.274 e. The van der Waals surface area contributed by atoms with Gasteiger partial charge in [-0.1, -0.05) is 6.92 Å². The Bertz CT molecular complexity index is 853.